The average Bonchev–Trinajstić information content (AvgIpc) is 2.57. The number of carboxylic acids is 1. The molecule has 2 rings (SSSR count). The van der Waals surface area contributed by atoms with Crippen LogP contribution >= 0.6 is 0 Å². The second-order valence-electron chi connectivity index (χ2n) is 3.13. The Bertz CT molecular complexity index is 506. The molecule has 0 saturated carbocycles. The van der Waals surface area contributed by atoms with E-state index in [0.29, 0.717) is 17.9 Å². The van der Waals surface area contributed by atoms with Gasteiger partial charge in [-0.05, 0) is 12.1 Å². The van der Waals surface area contributed by atoms with Crippen LogP contribution in [0.25, 0.3) is 5.65 Å². The van der Waals surface area contributed by atoms with Crippen molar-refractivity contribution in [3.8, 4) is 5.75 Å². The van der Waals surface area contributed by atoms with Gasteiger partial charge in [0.1, 0.15) is 11.6 Å². The van der Waals surface area contributed by atoms with Crippen LogP contribution in [-0.2, 0) is 11.2 Å². The number of hydrogen-bond donors (Lipinski definition) is 2. The smallest absolute Gasteiger partial charge is 0.303 e. The fraction of sp³-hybridized carbons (Fsp3) is 0.222. The molecule has 0 aromatic carbocycles. The number of pyridine rings is 1. The highest BCUT2D eigenvalue weighted by molar-refractivity contribution is 5.66. The minimum atomic E-state index is -0.882. The molecule has 15 heavy (non-hydrogen) atoms. The Morgan fingerprint density at radius 3 is 2.93 bits per heavy atom. The first-order valence-corrected chi connectivity index (χ1v) is 4.41. The van der Waals surface area contributed by atoms with Gasteiger partial charge in [-0.25, -0.2) is 0 Å². The third-order valence-electron chi connectivity index (χ3n) is 2.02. The van der Waals surface area contributed by atoms with E-state index in [-0.39, 0.29) is 12.2 Å². The molecule has 0 amide bonds. The van der Waals surface area contributed by atoms with Crippen LogP contribution in [0.1, 0.15) is 12.2 Å². The highest BCUT2D eigenvalue weighted by Crippen LogP contribution is 2.12. The lowest BCUT2D eigenvalue weighted by atomic mass is 10.3. The summed E-state index contributed by atoms with van der Waals surface area (Å²) in [5, 5.41) is 25.5. The molecule has 0 radical (unpaired) electrons. The van der Waals surface area contributed by atoms with Crippen molar-refractivity contribution in [3.05, 3.63) is 24.2 Å². The molecule has 0 spiro atoms. The molecular formula is C9H9N3O3. The van der Waals surface area contributed by atoms with E-state index in [9.17, 15) is 9.90 Å². The van der Waals surface area contributed by atoms with E-state index in [4.69, 9.17) is 5.11 Å². The number of fused-ring (bicyclic) bond motifs is 1. The Hall–Kier alpha value is -2.11. The lowest BCUT2D eigenvalue weighted by Gasteiger charge is -1.98. The Balaban J connectivity index is 2.35. The molecule has 0 atom stereocenters. The second kappa shape index (κ2) is 3.56. The first kappa shape index (κ1) is 9.45. The summed E-state index contributed by atoms with van der Waals surface area (Å²) in [5.41, 5.74) is 0.591. The fourth-order valence-corrected chi connectivity index (χ4v) is 1.32. The van der Waals surface area contributed by atoms with Gasteiger partial charge in [0.15, 0.2) is 5.65 Å². The van der Waals surface area contributed by atoms with Crippen LogP contribution in [0, 0.1) is 0 Å². The SMILES string of the molecule is O=C(O)CCc1nnc2ccc(O)cn12. The maximum atomic E-state index is 10.4. The molecular weight excluding hydrogens is 198 g/mol. The number of carboxylic acid groups (broad SMARTS) is 1. The van der Waals surface area contributed by atoms with E-state index >= 15 is 0 Å². The molecule has 0 aliphatic heterocycles. The van der Waals surface area contributed by atoms with Gasteiger partial charge in [0, 0.05) is 6.42 Å². The fourth-order valence-electron chi connectivity index (χ4n) is 1.32. The predicted octanol–water partition coefficient (Wildman–Crippen LogP) is 0.452. The molecule has 6 nitrogen and oxygen atoms in total. The summed E-state index contributed by atoms with van der Waals surface area (Å²) >= 11 is 0. The molecule has 2 aromatic heterocycles. The van der Waals surface area contributed by atoms with Crippen molar-refractivity contribution in [2.75, 3.05) is 0 Å². The van der Waals surface area contributed by atoms with Crippen molar-refractivity contribution in [1.82, 2.24) is 14.6 Å². The van der Waals surface area contributed by atoms with Crippen molar-refractivity contribution in [2.24, 2.45) is 0 Å². The van der Waals surface area contributed by atoms with Crippen molar-refractivity contribution in [2.45, 2.75) is 12.8 Å². The summed E-state index contributed by atoms with van der Waals surface area (Å²) in [6.07, 6.45) is 1.75. The van der Waals surface area contributed by atoms with Gasteiger partial charge in [-0.1, -0.05) is 0 Å². The normalized spacial score (nSPS) is 10.7. The Morgan fingerprint density at radius 2 is 2.20 bits per heavy atom. The van der Waals surface area contributed by atoms with E-state index in [1.54, 1.807) is 10.5 Å². The zero-order valence-electron chi connectivity index (χ0n) is 7.79. The van der Waals surface area contributed by atoms with E-state index in [2.05, 4.69) is 10.2 Å². The number of carbonyl (C=O) groups is 1. The monoisotopic (exact) mass is 207 g/mol. The zero-order chi connectivity index (χ0) is 10.8. The molecule has 2 N–H and O–H groups in total. The maximum Gasteiger partial charge on any atom is 0.303 e. The summed E-state index contributed by atoms with van der Waals surface area (Å²) < 4.78 is 1.58. The predicted molar refractivity (Wildman–Crippen MR) is 50.6 cm³/mol. The molecule has 2 heterocycles. The van der Waals surface area contributed by atoms with E-state index < -0.39 is 5.97 Å². The van der Waals surface area contributed by atoms with E-state index in [1.807, 2.05) is 0 Å². The average molecular weight is 207 g/mol. The van der Waals surface area contributed by atoms with Gasteiger partial charge in [-0.2, -0.15) is 0 Å². The van der Waals surface area contributed by atoms with Crippen LogP contribution in [0.4, 0.5) is 0 Å². The number of hydrogen-bond acceptors (Lipinski definition) is 4. The molecule has 0 aliphatic carbocycles. The van der Waals surface area contributed by atoms with Crippen LogP contribution < -0.4 is 0 Å². The summed E-state index contributed by atoms with van der Waals surface area (Å²) in [7, 11) is 0. The molecule has 6 heteroatoms. The van der Waals surface area contributed by atoms with Gasteiger partial charge in [-0.3, -0.25) is 9.20 Å². The first-order chi connectivity index (χ1) is 7.16. The van der Waals surface area contributed by atoms with Crippen LogP contribution in [0.2, 0.25) is 0 Å². The zero-order valence-corrected chi connectivity index (χ0v) is 7.79. The van der Waals surface area contributed by atoms with Crippen LogP contribution in [0.3, 0.4) is 0 Å². The molecule has 0 bridgehead atoms. The number of rotatable bonds is 3. The maximum absolute atomic E-state index is 10.4. The molecule has 78 valence electrons. The summed E-state index contributed by atoms with van der Waals surface area (Å²) in [6, 6.07) is 3.12. The molecule has 0 unspecified atom stereocenters. The van der Waals surface area contributed by atoms with E-state index in [0.717, 1.165) is 0 Å². The van der Waals surface area contributed by atoms with Crippen molar-refractivity contribution < 1.29 is 15.0 Å². The van der Waals surface area contributed by atoms with Gasteiger partial charge < -0.3 is 10.2 Å². The lowest BCUT2D eigenvalue weighted by Crippen LogP contribution is -2.01. The Morgan fingerprint density at radius 1 is 1.40 bits per heavy atom. The van der Waals surface area contributed by atoms with Gasteiger partial charge in [0.05, 0.1) is 12.6 Å². The largest absolute Gasteiger partial charge is 0.506 e. The van der Waals surface area contributed by atoms with Crippen molar-refractivity contribution >= 4 is 11.6 Å². The van der Waals surface area contributed by atoms with Gasteiger partial charge >= 0.3 is 5.97 Å². The van der Waals surface area contributed by atoms with Gasteiger partial charge in [0.25, 0.3) is 0 Å². The second-order valence-corrected chi connectivity index (χ2v) is 3.13. The standard InChI is InChI=1S/C9H9N3O3/c13-6-1-2-7-10-11-8(12(7)5-6)3-4-9(14)15/h1-2,5,13H,3-4H2,(H,14,15). The van der Waals surface area contributed by atoms with E-state index in [1.165, 1.54) is 12.3 Å². The number of aliphatic carboxylic acids is 1. The third-order valence-corrected chi connectivity index (χ3v) is 2.02. The number of nitrogens with zero attached hydrogens (tertiary/aromatic N) is 3. The number of aromatic hydroxyl groups is 1. The first-order valence-electron chi connectivity index (χ1n) is 4.41. The Kier molecular flexibility index (Phi) is 2.24. The topological polar surface area (TPSA) is 87.7 Å². The molecule has 0 saturated heterocycles. The highest BCUT2D eigenvalue weighted by Gasteiger charge is 2.07. The van der Waals surface area contributed by atoms with Crippen molar-refractivity contribution in [3.63, 3.8) is 0 Å². The molecule has 0 fully saturated rings. The van der Waals surface area contributed by atoms with Crippen molar-refractivity contribution in [1.29, 1.82) is 0 Å². The summed E-state index contributed by atoms with van der Waals surface area (Å²) in [5.74, 6) is -0.255. The quantitative estimate of drug-likeness (QED) is 0.763. The van der Waals surface area contributed by atoms with Gasteiger partial charge in [-0.15, -0.1) is 10.2 Å². The number of aryl methyl sites for hydroxylation is 1. The third kappa shape index (κ3) is 1.88. The van der Waals surface area contributed by atoms with Crippen LogP contribution in [-0.4, -0.2) is 30.8 Å². The molecule has 2 aromatic rings. The Labute approximate surface area is 84.8 Å². The minimum Gasteiger partial charge on any atom is -0.506 e. The summed E-state index contributed by atoms with van der Waals surface area (Å²) in [6.45, 7) is 0. The summed E-state index contributed by atoms with van der Waals surface area (Å²) in [4.78, 5) is 10.4. The molecule has 0 aliphatic rings. The number of aromatic nitrogens is 3. The van der Waals surface area contributed by atoms with Crippen LogP contribution in [0.15, 0.2) is 18.3 Å². The van der Waals surface area contributed by atoms with Gasteiger partial charge in [0.2, 0.25) is 0 Å². The highest BCUT2D eigenvalue weighted by atomic mass is 16.4. The van der Waals surface area contributed by atoms with Crippen LogP contribution in [0.5, 0.6) is 5.75 Å². The minimum absolute atomic E-state index is 0.00352. The lowest BCUT2D eigenvalue weighted by molar-refractivity contribution is -0.137.